The molecule has 1 aromatic carbocycles. The number of rotatable bonds is 6. The number of nitrogens with one attached hydrogen (secondary N) is 1. The molecular formula is C14H23FN2. The lowest BCUT2D eigenvalue weighted by Crippen LogP contribution is -2.33. The SMILES string of the molecule is CC(NCC(CN)C(C)C)c1ccccc1F. The van der Waals surface area contributed by atoms with E-state index >= 15 is 0 Å². The molecule has 1 aromatic rings. The Morgan fingerprint density at radius 3 is 2.41 bits per heavy atom. The maximum Gasteiger partial charge on any atom is 0.127 e. The van der Waals surface area contributed by atoms with Gasteiger partial charge in [-0.15, -0.1) is 0 Å². The van der Waals surface area contributed by atoms with Gasteiger partial charge in [0.15, 0.2) is 0 Å². The summed E-state index contributed by atoms with van der Waals surface area (Å²) < 4.78 is 13.5. The second kappa shape index (κ2) is 6.72. The fourth-order valence-electron chi connectivity index (χ4n) is 1.86. The third kappa shape index (κ3) is 4.10. The highest BCUT2D eigenvalue weighted by molar-refractivity contribution is 5.20. The van der Waals surface area contributed by atoms with Crippen molar-refractivity contribution in [2.45, 2.75) is 26.8 Å². The van der Waals surface area contributed by atoms with Crippen molar-refractivity contribution in [1.29, 1.82) is 0 Å². The molecule has 0 saturated heterocycles. The quantitative estimate of drug-likeness (QED) is 0.799. The van der Waals surface area contributed by atoms with Gasteiger partial charge in [-0.25, -0.2) is 4.39 Å². The number of hydrogen-bond acceptors (Lipinski definition) is 2. The first-order valence-corrected chi connectivity index (χ1v) is 6.24. The summed E-state index contributed by atoms with van der Waals surface area (Å²) in [4.78, 5) is 0. The summed E-state index contributed by atoms with van der Waals surface area (Å²) in [6, 6.07) is 6.90. The molecule has 0 fully saturated rings. The minimum atomic E-state index is -0.152. The first-order valence-electron chi connectivity index (χ1n) is 6.24. The van der Waals surface area contributed by atoms with Crippen molar-refractivity contribution < 1.29 is 4.39 Å². The molecule has 2 unspecified atom stereocenters. The third-order valence-corrected chi connectivity index (χ3v) is 3.30. The molecule has 0 saturated carbocycles. The highest BCUT2D eigenvalue weighted by Crippen LogP contribution is 2.17. The second-order valence-electron chi connectivity index (χ2n) is 4.89. The Labute approximate surface area is 103 Å². The lowest BCUT2D eigenvalue weighted by atomic mass is 9.95. The predicted octanol–water partition coefficient (Wildman–Crippen LogP) is 2.71. The average molecular weight is 238 g/mol. The Hall–Kier alpha value is -0.930. The Morgan fingerprint density at radius 1 is 1.24 bits per heavy atom. The first-order chi connectivity index (χ1) is 8.06. The van der Waals surface area contributed by atoms with Crippen LogP contribution >= 0.6 is 0 Å². The largest absolute Gasteiger partial charge is 0.330 e. The summed E-state index contributed by atoms with van der Waals surface area (Å²) in [6.45, 7) is 7.78. The number of nitrogens with two attached hydrogens (primary N) is 1. The Kier molecular flexibility index (Phi) is 5.59. The van der Waals surface area contributed by atoms with E-state index in [0.29, 0.717) is 23.9 Å². The van der Waals surface area contributed by atoms with Gasteiger partial charge in [-0.3, -0.25) is 0 Å². The Bertz CT molecular complexity index is 339. The lowest BCUT2D eigenvalue weighted by molar-refractivity contribution is 0.354. The van der Waals surface area contributed by atoms with E-state index in [1.54, 1.807) is 6.07 Å². The zero-order valence-electron chi connectivity index (χ0n) is 10.9. The summed E-state index contributed by atoms with van der Waals surface area (Å²) in [5, 5.41) is 3.35. The van der Waals surface area contributed by atoms with Crippen LogP contribution in [0.2, 0.25) is 0 Å². The van der Waals surface area contributed by atoms with Crippen LogP contribution in [0.3, 0.4) is 0 Å². The molecule has 17 heavy (non-hydrogen) atoms. The van der Waals surface area contributed by atoms with E-state index in [0.717, 1.165) is 6.54 Å². The van der Waals surface area contributed by atoms with Crippen molar-refractivity contribution in [2.75, 3.05) is 13.1 Å². The monoisotopic (exact) mass is 238 g/mol. The minimum Gasteiger partial charge on any atom is -0.330 e. The molecule has 3 N–H and O–H groups in total. The van der Waals surface area contributed by atoms with Crippen LogP contribution in [0.25, 0.3) is 0 Å². The van der Waals surface area contributed by atoms with Gasteiger partial charge in [-0.1, -0.05) is 32.0 Å². The van der Waals surface area contributed by atoms with E-state index in [9.17, 15) is 4.39 Å². The van der Waals surface area contributed by atoms with Crippen LogP contribution in [0.4, 0.5) is 4.39 Å². The zero-order valence-corrected chi connectivity index (χ0v) is 10.9. The summed E-state index contributed by atoms with van der Waals surface area (Å²) >= 11 is 0. The van der Waals surface area contributed by atoms with Crippen LogP contribution < -0.4 is 11.1 Å². The normalized spacial score (nSPS) is 14.9. The molecule has 96 valence electrons. The topological polar surface area (TPSA) is 38.0 Å². The standard InChI is InChI=1S/C14H23FN2/c1-10(2)12(8-16)9-17-11(3)13-6-4-5-7-14(13)15/h4-7,10-12,17H,8-9,16H2,1-3H3. The van der Waals surface area contributed by atoms with Crippen molar-refractivity contribution >= 4 is 0 Å². The van der Waals surface area contributed by atoms with Gasteiger partial charge in [-0.2, -0.15) is 0 Å². The number of hydrogen-bond donors (Lipinski definition) is 2. The molecule has 0 aromatic heterocycles. The van der Waals surface area contributed by atoms with Crippen LogP contribution in [-0.2, 0) is 0 Å². The molecule has 3 heteroatoms. The van der Waals surface area contributed by atoms with Crippen LogP contribution in [0.15, 0.2) is 24.3 Å². The summed E-state index contributed by atoms with van der Waals surface area (Å²) in [5.41, 5.74) is 6.43. The van der Waals surface area contributed by atoms with Gasteiger partial charge in [0.1, 0.15) is 5.82 Å². The van der Waals surface area contributed by atoms with Crippen molar-refractivity contribution in [3.8, 4) is 0 Å². The second-order valence-corrected chi connectivity index (χ2v) is 4.89. The third-order valence-electron chi connectivity index (χ3n) is 3.30. The highest BCUT2D eigenvalue weighted by Gasteiger charge is 2.14. The minimum absolute atomic E-state index is 0.0176. The molecule has 0 amide bonds. The maximum atomic E-state index is 13.5. The van der Waals surface area contributed by atoms with Gasteiger partial charge >= 0.3 is 0 Å². The molecule has 0 aliphatic carbocycles. The number of halogens is 1. The lowest BCUT2D eigenvalue weighted by Gasteiger charge is -2.22. The van der Waals surface area contributed by atoms with Crippen molar-refractivity contribution in [3.05, 3.63) is 35.6 Å². The summed E-state index contributed by atoms with van der Waals surface area (Å²) in [6.07, 6.45) is 0. The van der Waals surface area contributed by atoms with Crippen LogP contribution in [0, 0.1) is 17.7 Å². The molecule has 0 aliphatic heterocycles. The van der Waals surface area contributed by atoms with Gasteiger partial charge in [0.25, 0.3) is 0 Å². The molecule has 0 radical (unpaired) electrons. The van der Waals surface area contributed by atoms with E-state index in [-0.39, 0.29) is 11.9 Å². The van der Waals surface area contributed by atoms with E-state index < -0.39 is 0 Å². The van der Waals surface area contributed by atoms with Crippen molar-refractivity contribution in [3.63, 3.8) is 0 Å². The van der Waals surface area contributed by atoms with Crippen molar-refractivity contribution in [1.82, 2.24) is 5.32 Å². The Balaban J connectivity index is 2.55. The van der Waals surface area contributed by atoms with Crippen LogP contribution in [-0.4, -0.2) is 13.1 Å². The molecule has 0 spiro atoms. The molecular weight excluding hydrogens is 215 g/mol. The summed E-state index contributed by atoms with van der Waals surface area (Å²) in [5.74, 6) is 0.825. The predicted molar refractivity (Wildman–Crippen MR) is 70.2 cm³/mol. The Morgan fingerprint density at radius 2 is 1.88 bits per heavy atom. The number of benzene rings is 1. The van der Waals surface area contributed by atoms with E-state index in [4.69, 9.17) is 5.73 Å². The molecule has 0 heterocycles. The average Bonchev–Trinajstić information content (AvgIpc) is 2.29. The van der Waals surface area contributed by atoms with Gasteiger partial charge < -0.3 is 11.1 Å². The van der Waals surface area contributed by atoms with E-state index in [1.165, 1.54) is 6.07 Å². The first kappa shape index (κ1) is 14.1. The van der Waals surface area contributed by atoms with Crippen molar-refractivity contribution in [2.24, 2.45) is 17.6 Å². The summed E-state index contributed by atoms with van der Waals surface area (Å²) in [7, 11) is 0. The fraction of sp³-hybridized carbons (Fsp3) is 0.571. The van der Waals surface area contributed by atoms with Crippen LogP contribution in [0.5, 0.6) is 0 Å². The van der Waals surface area contributed by atoms with Gasteiger partial charge in [0, 0.05) is 11.6 Å². The van der Waals surface area contributed by atoms with Crippen LogP contribution in [0.1, 0.15) is 32.4 Å². The smallest absolute Gasteiger partial charge is 0.127 e. The van der Waals surface area contributed by atoms with Gasteiger partial charge in [0.2, 0.25) is 0 Å². The van der Waals surface area contributed by atoms with Gasteiger partial charge in [0.05, 0.1) is 0 Å². The molecule has 0 aliphatic rings. The van der Waals surface area contributed by atoms with Gasteiger partial charge in [-0.05, 0) is 37.9 Å². The molecule has 2 atom stereocenters. The van der Waals surface area contributed by atoms with E-state index in [1.807, 2.05) is 19.1 Å². The maximum absolute atomic E-state index is 13.5. The fourth-order valence-corrected chi connectivity index (χ4v) is 1.86. The molecule has 2 nitrogen and oxygen atoms in total. The van der Waals surface area contributed by atoms with E-state index in [2.05, 4.69) is 19.2 Å². The molecule has 1 rings (SSSR count). The highest BCUT2D eigenvalue weighted by atomic mass is 19.1. The zero-order chi connectivity index (χ0) is 12.8. The molecule has 0 bridgehead atoms.